The Morgan fingerprint density at radius 2 is 2.03 bits per heavy atom. The van der Waals surface area contributed by atoms with E-state index in [1.165, 1.54) is 22.2 Å². The normalized spacial score (nSPS) is 28.7. The van der Waals surface area contributed by atoms with Crippen LogP contribution in [0.5, 0.6) is 0 Å². The maximum Gasteiger partial charge on any atom is 0.353 e. The van der Waals surface area contributed by atoms with Crippen molar-refractivity contribution in [2.75, 3.05) is 13.6 Å². The van der Waals surface area contributed by atoms with Crippen LogP contribution in [-0.2, 0) is 27.3 Å². The lowest BCUT2D eigenvalue weighted by Crippen LogP contribution is -2.63. The minimum atomic E-state index is -1.12. The Morgan fingerprint density at radius 1 is 1.31 bits per heavy atom. The first kappa shape index (κ1) is 25.7. The van der Waals surface area contributed by atoms with Crippen molar-refractivity contribution >= 4 is 29.5 Å². The summed E-state index contributed by atoms with van der Waals surface area (Å²) in [5, 5.41) is 23.2. The molecule has 0 aliphatic carbocycles. The van der Waals surface area contributed by atoms with Crippen molar-refractivity contribution in [3.05, 3.63) is 46.0 Å². The van der Waals surface area contributed by atoms with E-state index in [0.717, 1.165) is 18.4 Å². The quantitative estimate of drug-likeness (QED) is 0.445. The fourth-order valence-electron chi connectivity index (χ4n) is 5.63. The van der Waals surface area contributed by atoms with E-state index in [1.54, 1.807) is 11.8 Å². The topological polar surface area (TPSA) is 110 Å². The second-order valence-electron chi connectivity index (χ2n) is 9.97. The molecule has 3 aliphatic rings. The van der Waals surface area contributed by atoms with E-state index in [-0.39, 0.29) is 40.8 Å². The second kappa shape index (κ2) is 10.3. The van der Waals surface area contributed by atoms with E-state index in [1.807, 2.05) is 26.1 Å². The van der Waals surface area contributed by atoms with Crippen molar-refractivity contribution in [2.24, 2.45) is 11.8 Å². The fourth-order valence-corrected chi connectivity index (χ4v) is 7.11. The summed E-state index contributed by atoms with van der Waals surface area (Å²) in [5.41, 5.74) is 2.41. The largest absolute Gasteiger partial charge is 0.477 e. The number of carbonyl (C=O) groups excluding carboxylic acids is 2. The number of likely N-dealkylation sites (N-methyl/N-ethyl adjacent to an activating group) is 1. The molecule has 190 valence electrons. The number of β-lactam (4-membered cyclic amide) rings is 1. The molecule has 0 bridgehead atoms. The van der Waals surface area contributed by atoms with Gasteiger partial charge in [0, 0.05) is 36.2 Å². The van der Waals surface area contributed by atoms with Crippen molar-refractivity contribution in [1.82, 2.24) is 15.1 Å². The maximum atomic E-state index is 13.1. The molecular formula is C26H35N3O5S. The summed E-state index contributed by atoms with van der Waals surface area (Å²) in [6.45, 7) is 6.77. The number of carboxylic acids is 1. The Labute approximate surface area is 210 Å². The number of hydrogen-bond acceptors (Lipinski definition) is 6. The van der Waals surface area contributed by atoms with Crippen LogP contribution < -0.4 is 5.32 Å². The molecule has 8 nitrogen and oxygen atoms in total. The molecule has 9 heteroatoms. The highest BCUT2D eigenvalue weighted by molar-refractivity contribution is 8.03. The van der Waals surface area contributed by atoms with Gasteiger partial charge >= 0.3 is 5.97 Å². The number of rotatable bonds is 9. The van der Waals surface area contributed by atoms with Crippen LogP contribution in [0.4, 0.5) is 0 Å². The minimum Gasteiger partial charge on any atom is -0.477 e. The Hall–Kier alpha value is -2.36. The van der Waals surface area contributed by atoms with Crippen molar-refractivity contribution in [3.63, 3.8) is 0 Å². The van der Waals surface area contributed by atoms with Gasteiger partial charge in [0.1, 0.15) is 5.70 Å². The smallest absolute Gasteiger partial charge is 0.353 e. The number of nitrogens with one attached hydrogen (secondary N) is 1. The van der Waals surface area contributed by atoms with Gasteiger partial charge in [0.25, 0.3) is 0 Å². The summed E-state index contributed by atoms with van der Waals surface area (Å²) < 4.78 is 0. The molecule has 6 unspecified atom stereocenters. The van der Waals surface area contributed by atoms with Gasteiger partial charge in [0.2, 0.25) is 11.8 Å². The number of aliphatic carboxylic acids is 1. The van der Waals surface area contributed by atoms with Gasteiger partial charge in [-0.3, -0.25) is 9.59 Å². The number of aliphatic hydroxyl groups is 1. The molecule has 35 heavy (non-hydrogen) atoms. The molecule has 4 rings (SSSR count). The molecule has 1 aromatic rings. The average Bonchev–Trinajstić information content (AvgIpc) is 3.35. The summed E-state index contributed by atoms with van der Waals surface area (Å²) in [6.07, 6.45) is 1.86. The summed E-state index contributed by atoms with van der Waals surface area (Å²) in [6, 6.07) is 7.69. The van der Waals surface area contributed by atoms with Gasteiger partial charge in [-0.05, 0) is 30.9 Å². The van der Waals surface area contributed by atoms with Gasteiger partial charge in [0.05, 0.1) is 24.1 Å². The molecular weight excluding hydrogens is 466 g/mol. The molecule has 0 aromatic heterocycles. The number of carboxylic acid groups (broad SMARTS) is 1. The summed E-state index contributed by atoms with van der Waals surface area (Å²) in [7, 11) is 1.81. The molecule has 2 fully saturated rings. The van der Waals surface area contributed by atoms with Gasteiger partial charge in [-0.15, -0.1) is 11.8 Å². The van der Waals surface area contributed by atoms with E-state index in [2.05, 4.69) is 24.4 Å². The third kappa shape index (κ3) is 4.86. The SMILES string of the molecule is CCCc1cccc(CN(C)C(=O)C2CC(SC3=C(C(=O)O)N4C(=O)C(C(C)O)C4C3C)CN2)c1. The Morgan fingerprint density at radius 3 is 2.69 bits per heavy atom. The molecule has 1 aromatic carbocycles. The third-order valence-corrected chi connectivity index (χ3v) is 8.83. The van der Waals surface area contributed by atoms with Crippen LogP contribution in [0.1, 0.15) is 44.7 Å². The van der Waals surface area contributed by atoms with E-state index in [0.29, 0.717) is 24.4 Å². The maximum absolute atomic E-state index is 13.1. The highest BCUT2D eigenvalue weighted by Crippen LogP contribution is 2.51. The first-order valence-corrected chi connectivity index (χ1v) is 13.2. The molecule has 2 saturated heterocycles. The standard InChI is InChI=1S/C26H35N3O5S/c1-5-7-16-8-6-9-17(10-16)13-28(4)24(31)19-11-18(12-27-19)35-23-14(2)21-20(15(3)30)25(32)29(21)22(23)26(33)34/h6,8-10,14-15,18-21,27,30H,5,7,11-13H2,1-4H3,(H,33,34). The predicted molar refractivity (Wildman–Crippen MR) is 134 cm³/mol. The van der Waals surface area contributed by atoms with E-state index in [4.69, 9.17) is 0 Å². The van der Waals surface area contributed by atoms with Crippen molar-refractivity contribution in [1.29, 1.82) is 0 Å². The van der Waals surface area contributed by atoms with Crippen molar-refractivity contribution < 1.29 is 24.6 Å². The lowest BCUT2D eigenvalue weighted by molar-refractivity contribution is -0.163. The number of carbonyl (C=O) groups is 3. The molecule has 3 heterocycles. The first-order chi connectivity index (χ1) is 16.6. The molecule has 0 saturated carbocycles. The Balaban J connectivity index is 1.40. The summed E-state index contributed by atoms with van der Waals surface area (Å²) in [4.78, 5) is 41.5. The zero-order valence-electron chi connectivity index (χ0n) is 20.7. The third-order valence-electron chi connectivity index (χ3n) is 7.32. The Bertz CT molecular complexity index is 1040. The van der Waals surface area contributed by atoms with E-state index >= 15 is 0 Å². The molecule has 0 spiro atoms. The van der Waals surface area contributed by atoms with Crippen LogP contribution in [0.25, 0.3) is 0 Å². The zero-order valence-corrected chi connectivity index (χ0v) is 21.5. The zero-order chi connectivity index (χ0) is 25.4. The summed E-state index contributed by atoms with van der Waals surface area (Å²) in [5.74, 6) is -2.17. The van der Waals surface area contributed by atoms with Crippen LogP contribution >= 0.6 is 11.8 Å². The number of benzene rings is 1. The van der Waals surface area contributed by atoms with Gasteiger partial charge < -0.3 is 25.3 Å². The first-order valence-electron chi connectivity index (χ1n) is 12.3. The molecule has 2 amide bonds. The minimum absolute atomic E-state index is 0.0223. The lowest BCUT2D eigenvalue weighted by atomic mass is 9.79. The van der Waals surface area contributed by atoms with Crippen LogP contribution in [0, 0.1) is 11.8 Å². The van der Waals surface area contributed by atoms with Gasteiger partial charge in [-0.2, -0.15) is 0 Å². The fraction of sp³-hybridized carbons (Fsp3) is 0.577. The van der Waals surface area contributed by atoms with E-state index in [9.17, 15) is 24.6 Å². The number of aryl methyl sites for hydroxylation is 1. The summed E-state index contributed by atoms with van der Waals surface area (Å²) >= 11 is 1.46. The number of nitrogens with zero attached hydrogens (tertiary/aromatic N) is 2. The number of thioether (sulfide) groups is 1. The van der Waals surface area contributed by atoms with E-state index < -0.39 is 18.0 Å². The van der Waals surface area contributed by atoms with Crippen molar-refractivity contribution in [2.45, 2.75) is 70.0 Å². The number of fused-ring (bicyclic) bond motifs is 1. The van der Waals surface area contributed by atoms with Gasteiger partial charge in [-0.25, -0.2) is 4.79 Å². The van der Waals surface area contributed by atoms with Crippen LogP contribution in [0.3, 0.4) is 0 Å². The second-order valence-corrected chi connectivity index (χ2v) is 11.3. The Kier molecular flexibility index (Phi) is 7.59. The average molecular weight is 502 g/mol. The molecule has 0 radical (unpaired) electrons. The van der Waals surface area contributed by atoms with Gasteiger partial charge in [0.15, 0.2) is 0 Å². The number of aliphatic hydroxyl groups excluding tert-OH is 1. The van der Waals surface area contributed by atoms with Crippen LogP contribution in [0.15, 0.2) is 34.9 Å². The number of amides is 2. The van der Waals surface area contributed by atoms with Crippen molar-refractivity contribution in [3.8, 4) is 0 Å². The monoisotopic (exact) mass is 501 g/mol. The predicted octanol–water partition coefficient (Wildman–Crippen LogP) is 2.21. The van der Waals surface area contributed by atoms with Crippen LogP contribution in [0.2, 0.25) is 0 Å². The lowest BCUT2D eigenvalue weighted by Gasteiger charge is -2.46. The number of hydrogen-bond donors (Lipinski definition) is 3. The molecule has 6 atom stereocenters. The highest BCUT2D eigenvalue weighted by atomic mass is 32.2. The molecule has 3 aliphatic heterocycles. The molecule has 3 N–H and O–H groups in total. The van der Waals surface area contributed by atoms with Gasteiger partial charge in [-0.1, -0.05) is 44.5 Å². The van der Waals surface area contributed by atoms with Crippen LogP contribution in [-0.4, -0.2) is 74.8 Å². The highest BCUT2D eigenvalue weighted by Gasteiger charge is 2.60.